The Kier molecular flexibility index (Phi) is 3.84. The first-order chi connectivity index (χ1) is 8.72. The molecule has 1 unspecified atom stereocenters. The molecule has 0 saturated carbocycles. The predicted octanol–water partition coefficient (Wildman–Crippen LogP) is 1.54. The molecule has 0 bridgehead atoms. The lowest BCUT2D eigenvalue weighted by Gasteiger charge is -2.16. The Morgan fingerprint density at radius 3 is 2.61 bits per heavy atom. The van der Waals surface area contributed by atoms with Crippen molar-refractivity contribution in [2.75, 3.05) is 19.0 Å². The number of nitrogens with two attached hydrogens (primary N) is 1. The summed E-state index contributed by atoms with van der Waals surface area (Å²) in [6.07, 6.45) is 3.79. The van der Waals surface area contributed by atoms with Crippen LogP contribution in [-0.4, -0.2) is 23.4 Å². The zero-order valence-corrected chi connectivity index (χ0v) is 10.6. The van der Waals surface area contributed by atoms with E-state index >= 15 is 0 Å². The van der Waals surface area contributed by atoms with Gasteiger partial charge in [0.15, 0.2) is 0 Å². The smallest absolute Gasteiger partial charge is 0.119 e. The lowest BCUT2D eigenvalue weighted by Crippen LogP contribution is -2.20. The van der Waals surface area contributed by atoms with Crippen LogP contribution in [0, 0.1) is 0 Å². The van der Waals surface area contributed by atoms with Gasteiger partial charge in [-0.25, -0.2) is 0 Å². The minimum absolute atomic E-state index is 0.0621. The quantitative estimate of drug-likeness (QED) is 0.840. The van der Waals surface area contributed by atoms with Crippen molar-refractivity contribution in [3.63, 3.8) is 0 Å². The second-order valence-electron chi connectivity index (χ2n) is 4.11. The Labute approximate surface area is 107 Å². The number of nitrogens with zero attached hydrogens (tertiary/aromatic N) is 2. The molecule has 0 radical (unpaired) electrons. The second-order valence-corrected chi connectivity index (χ2v) is 4.11. The molecule has 0 aliphatic carbocycles. The van der Waals surface area contributed by atoms with Crippen LogP contribution in [-0.2, 0) is 7.05 Å². The zero-order valence-electron chi connectivity index (χ0n) is 10.6. The molecular weight excluding hydrogens is 228 g/mol. The summed E-state index contributed by atoms with van der Waals surface area (Å²) in [5.41, 5.74) is 7.88. The van der Waals surface area contributed by atoms with Gasteiger partial charge in [-0.05, 0) is 24.3 Å². The molecule has 1 atom stereocenters. The molecule has 5 nitrogen and oxygen atoms in total. The van der Waals surface area contributed by atoms with Crippen LogP contribution in [0.4, 0.5) is 5.69 Å². The maximum Gasteiger partial charge on any atom is 0.119 e. The van der Waals surface area contributed by atoms with Crippen LogP contribution in [0.5, 0.6) is 5.75 Å². The van der Waals surface area contributed by atoms with Gasteiger partial charge in [0.1, 0.15) is 5.75 Å². The topological polar surface area (TPSA) is 65.1 Å². The third-order valence-corrected chi connectivity index (χ3v) is 2.79. The minimum atomic E-state index is 0.0621. The summed E-state index contributed by atoms with van der Waals surface area (Å²) >= 11 is 0. The summed E-state index contributed by atoms with van der Waals surface area (Å²) in [7, 11) is 3.55. The molecule has 0 amide bonds. The lowest BCUT2D eigenvalue weighted by molar-refractivity contribution is 0.415. The van der Waals surface area contributed by atoms with Gasteiger partial charge in [-0.2, -0.15) is 5.10 Å². The van der Waals surface area contributed by atoms with E-state index in [2.05, 4.69) is 10.4 Å². The van der Waals surface area contributed by atoms with Crippen LogP contribution >= 0.6 is 0 Å². The van der Waals surface area contributed by atoms with Gasteiger partial charge in [-0.1, -0.05) is 0 Å². The van der Waals surface area contributed by atoms with E-state index in [-0.39, 0.29) is 6.04 Å². The molecule has 2 rings (SSSR count). The van der Waals surface area contributed by atoms with E-state index in [1.54, 1.807) is 11.8 Å². The van der Waals surface area contributed by atoms with Gasteiger partial charge in [0.2, 0.25) is 0 Å². The highest BCUT2D eigenvalue weighted by atomic mass is 16.5. The van der Waals surface area contributed by atoms with E-state index in [0.29, 0.717) is 6.54 Å². The molecule has 2 aromatic rings. The molecule has 18 heavy (non-hydrogen) atoms. The summed E-state index contributed by atoms with van der Waals surface area (Å²) in [5, 5.41) is 7.53. The Morgan fingerprint density at radius 2 is 2.11 bits per heavy atom. The van der Waals surface area contributed by atoms with Crippen molar-refractivity contribution >= 4 is 5.69 Å². The molecule has 0 spiro atoms. The van der Waals surface area contributed by atoms with Gasteiger partial charge in [0, 0.05) is 31.0 Å². The fourth-order valence-corrected chi connectivity index (χ4v) is 1.79. The fraction of sp³-hybridized carbons (Fsp3) is 0.308. The Bertz CT molecular complexity index is 492. The van der Waals surface area contributed by atoms with E-state index in [0.717, 1.165) is 17.0 Å². The van der Waals surface area contributed by atoms with E-state index in [9.17, 15) is 0 Å². The Morgan fingerprint density at radius 1 is 1.39 bits per heavy atom. The summed E-state index contributed by atoms with van der Waals surface area (Å²) in [4.78, 5) is 0. The van der Waals surface area contributed by atoms with E-state index in [1.165, 1.54) is 0 Å². The highest BCUT2D eigenvalue weighted by Crippen LogP contribution is 2.20. The first-order valence-corrected chi connectivity index (χ1v) is 5.82. The maximum atomic E-state index is 5.79. The number of hydrogen-bond donors (Lipinski definition) is 2. The normalized spacial score (nSPS) is 12.2. The Hall–Kier alpha value is -2.01. The highest BCUT2D eigenvalue weighted by molar-refractivity contribution is 5.48. The molecule has 1 aromatic heterocycles. The van der Waals surface area contributed by atoms with Crippen molar-refractivity contribution in [2.45, 2.75) is 6.04 Å². The first-order valence-electron chi connectivity index (χ1n) is 5.82. The molecule has 0 aliphatic heterocycles. The van der Waals surface area contributed by atoms with Gasteiger partial charge >= 0.3 is 0 Å². The predicted molar refractivity (Wildman–Crippen MR) is 71.6 cm³/mol. The van der Waals surface area contributed by atoms with Gasteiger partial charge in [-0.3, -0.25) is 4.68 Å². The highest BCUT2D eigenvalue weighted by Gasteiger charge is 2.11. The van der Waals surface area contributed by atoms with Crippen molar-refractivity contribution in [3.8, 4) is 5.75 Å². The minimum Gasteiger partial charge on any atom is -0.497 e. The van der Waals surface area contributed by atoms with Crippen molar-refractivity contribution in [2.24, 2.45) is 12.8 Å². The zero-order chi connectivity index (χ0) is 13.0. The molecule has 0 aliphatic rings. The molecular formula is C13H18N4O. The summed E-state index contributed by atoms with van der Waals surface area (Å²) < 4.78 is 6.89. The van der Waals surface area contributed by atoms with Crippen LogP contribution < -0.4 is 15.8 Å². The number of benzene rings is 1. The largest absolute Gasteiger partial charge is 0.497 e. The average molecular weight is 246 g/mol. The third kappa shape index (κ3) is 2.81. The number of aryl methyl sites for hydroxylation is 1. The standard InChI is InChI=1S/C13H18N4O/c1-17-9-10(8-15-17)13(7-14)16-11-3-5-12(18-2)6-4-11/h3-6,8-9,13,16H,7,14H2,1-2H3. The number of rotatable bonds is 5. The van der Waals surface area contributed by atoms with Gasteiger partial charge in [-0.15, -0.1) is 0 Å². The van der Waals surface area contributed by atoms with Crippen molar-refractivity contribution in [1.82, 2.24) is 9.78 Å². The van der Waals surface area contributed by atoms with E-state index in [4.69, 9.17) is 10.5 Å². The maximum absolute atomic E-state index is 5.79. The summed E-state index contributed by atoms with van der Waals surface area (Å²) in [5.74, 6) is 0.839. The second kappa shape index (κ2) is 5.55. The van der Waals surface area contributed by atoms with Crippen LogP contribution in [0.3, 0.4) is 0 Å². The van der Waals surface area contributed by atoms with Crippen molar-refractivity contribution in [3.05, 3.63) is 42.2 Å². The third-order valence-electron chi connectivity index (χ3n) is 2.79. The summed E-state index contributed by atoms with van der Waals surface area (Å²) in [6, 6.07) is 7.83. The molecule has 0 fully saturated rings. The molecule has 1 aromatic carbocycles. The number of nitrogens with one attached hydrogen (secondary N) is 1. The summed E-state index contributed by atoms with van der Waals surface area (Å²) in [6.45, 7) is 0.512. The van der Waals surface area contributed by atoms with Gasteiger partial charge in [0.25, 0.3) is 0 Å². The number of ether oxygens (including phenoxy) is 1. The SMILES string of the molecule is COc1ccc(NC(CN)c2cnn(C)c2)cc1. The number of anilines is 1. The van der Waals surface area contributed by atoms with E-state index < -0.39 is 0 Å². The molecule has 1 heterocycles. The van der Waals surface area contributed by atoms with Crippen molar-refractivity contribution < 1.29 is 4.74 Å². The first kappa shape index (κ1) is 12.4. The monoisotopic (exact) mass is 246 g/mol. The van der Waals surface area contributed by atoms with Crippen LogP contribution in [0.15, 0.2) is 36.7 Å². The number of methoxy groups -OCH3 is 1. The van der Waals surface area contributed by atoms with Gasteiger partial charge in [0.05, 0.1) is 19.3 Å². The fourth-order valence-electron chi connectivity index (χ4n) is 1.79. The van der Waals surface area contributed by atoms with Crippen LogP contribution in [0.1, 0.15) is 11.6 Å². The van der Waals surface area contributed by atoms with Crippen LogP contribution in [0.25, 0.3) is 0 Å². The van der Waals surface area contributed by atoms with Crippen LogP contribution in [0.2, 0.25) is 0 Å². The lowest BCUT2D eigenvalue weighted by atomic mass is 10.1. The molecule has 96 valence electrons. The van der Waals surface area contributed by atoms with Gasteiger partial charge < -0.3 is 15.8 Å². The number of hydrogen-bond acceptors (Lipinski definition) is 4. The average Bonchev–Trinajstić information content (AvgIpc) is 2.83. The molecule has 3 N–H and O–H groups in total. The molecule has 5 heteroatoms. The number of aromatic nitrogens is 2. The Balaban J connectivity index is 2.10. The van der Waals surface area contributed by atoms with E-state index in [1.807, 2.05) is 43.7 Å². The van der Waals surface area contributed by atoms with Crippen molar-refractivity contribution in [1.29, 1.82) is 0 Å². The molecule has 0 saturated heterocycles.